The van der Waals surface area contributed by atoms with Gasteiger partial charge in [-0.25, -0.2) is 9.59 Å². The van der Waals surface area contributed by atoms with Gasteiger partial charge in [-0.1, -0.05) is 0 Å². The van der Waals surface area contributed by atoms with Gasteiger partial charge < -0.3 is 14.6 Å². The van der Waals surface area contributed by atoms with Gasteiger partial charge in [0.1, 0.15) is 11.6 Å². The van der Waals surface area contributed by atoms with Gasteiger partial charge in [-0.15, -0.1) is 0 Å². The average molecular weight is 287 g/mol. The maximum absolute atomic E-state index is 12.1. The molecule has 1 rings (SSSR count). The van der Waals surface area contributed by atoms with Crippen LogP contribution in [0, 0.1) is 5.92 Å². The van der Waals surface area contributed by atoms with E-state index in [-0.39, 0.29) is 6.54 Å². The Labute approximate surface area is 117 Å². The standard InChI is InChI=1S/C13H21NO6/c1-13(2,3)20-12(18)14-7-5-6-8(11(17)19-4)9(14)10(15)16/h8-9H,5-7H2,1-4H3,(H,15,16). The molecule has 1 heterocycles. The first kappa shape index (κ1) is 16.3. The first-order valence-electron chi connectivity index (χ1n) is 6.47. The van der Waals surface area contributed by atoms with Crippen molar-refractivity contribution in [3.63, 3.8) is 0 Å². The normalized spacial score (nSPS) is 23.1. The van der Waals surface area contributed by atoms with Gasteiger partial charge in [0, 0.05) is 6.54 Å². The lowest BCUT2D eigenvalue weighted by molar-refractivity contribution is -0.159. The van der Waals surface area contributed by atoms with Crippen molar-refractivity contribution in [1.29, 1.82) is 0 Å². The van der Waals surface area contributed by atoms with E-state index in [0.717, 1.165) is 4.90 Å². The van der Waals surface area contributed by atoms with E-state index in [2.05, 4.69) is 4.74 Å². The van der Waals surface area contributed by atoms with Gasteiger partial charge in [0.25, 0.3) is 0 Å². The first-order valence-corrected chi connectivity index (χ1v) is 6.47. The van der Waals surface area contributed by atoms with Crippen LogP contribution in [-0.4, -0.2) is 53.3 Å². The third-order valence-corrected chi connectivity index (χ3v) is 3.02. The van der Waals surface area contributed by atoms with E-state index < -0.39 is 35.6 Å². The van der Waals surface area contributed by atoms with Gasteiger partial charge in [0.05, 0.1) is 13.0 Å². The van der Waals surface area contributed by atoms with Gasteiger partial charge in [-0.3, -0.25) is 9.69 Å². The number of likely N-dealkylation sites (tertiary alicyclic amines) is 1. The number of carboxylic acid groups (broad SMARTS) is 1. The molecule has 7 nitrogen and oxygen atoms in total. The smallest absolute Gasteiger partial charge is 0.411 e. The van der Waals surface area contributed by atoms with Crippen molar-refractivity contribution in [2.24, 2.45) is 5.92 Å². The minimum atomic E-state index is -1.24. The topological polar surface area (TPSA) is 93.1 Å². The molecule has 0 saturated carbocycles. The number of aliphatic carboxylic acids is 1. The molecule has 1 saturated heterocycles. The number of carbonyl (C=O) groups is 3. The number of methoxy groups -OCH3 is 1. The van der Waals surface area contributed by atoms with Crippen LogP contribution >= 0.6 is 0 Å². The molecule has 1 fully saturated rings. The van der Waals surface area contributed by atoms with Crippen LogP contribution in [0.3, 0.4) is 0 Å². The Morgan fingerprint density at radius 2 is 1.85 bits per heavy atom. The molecule has 0 aromatic heterocycles. The van der Waals surface area contributed by atoms with Crippen LogP contribution in [0.25, 0.3) is 0 Å². The summed E-state index contributed by atoms with van der Waals surface area (Å²) in [6.07, 6.45) is 0.185. The molecule has 1 aliphatic heterocycles. The lowest BCUT2D eigenvalue weighted by Crippen LogP contribution is -2.55. The number of carbonyl (C=O) groups excluding carboxylic acids is 2. The number of hydrogen-bond donors (Lipinski definition) is 1. The van der Waals surface area contributed by atoms with E-state index >= 15 is 0 Å². The molecule has 0 aromatic carbocycles. The van der Waals surface area contributed by atoms with Crippen LogP contribution in [0.1, 0.15) is 33.6 Å². The Morgan fingerprint density at radius 3 is 2.30 bits per heavy atom. The van der Waals surface area contributed by atoms with E-state index in [9.17, 15) is 19.5 Å². The highest BCUT2D eigenvalue weighted by molar-refractivity contribution is 5.87. The fraction of sp³-hybridized carbons (Fsp3) is 0.769. The predicted octanol–water partition coefficient (Wildman–Crippen LogP) is 1.26. The summed E-state index contributed by atoms with van der Waals surface area (Å²) >= 11 is 0. The molecule has 7 heteroatoms. The van der Waals surface area contributed by atoms with Gasteiger partial charge in [0.2, 0.25) is 0 Å². The van der Waals surface area contributed by atoms with Crippen LogP contribution in [0.15, 0.2) is 0 Å². The van der Waals surface area contributed by atoms with Crippen LogP contribution < -0.4 is 0 Å². The zero-order valence-electron chi connectivity index (χ0n) is 12.2. The summed E-state index contributed by atoms with van der Waals surface area (Å²) in [5.74, 6) is -2.71. The number of rotatable bonds is 2. The molecule has 2 unspecified atom stereocenters. The molecule has 0 spiro atoms. The lowest BCUT2D eigenvalue weighted by Gasteiger charge is -2.37. The Bertz CT molecular complexity index is 400. The van der Waals surface area contributed by atoms with Crippen molar-refractivity contribution < 1.29 is 29.0 Å². The molecule has 20 heavy (non-hydrogen) atoms. The molecule has 0 aliphatic carbocycles. The molecule has 2 atom stereocenters. The second-order valence-electron chi connectivity index (χ2n) is 5.73. The predicted molar refractivity (Wildman–Crippen MR) is 69.1 cm³/mol. The number of hydrogen-bond acceptors (Lipinski definition) is 5. The van der Waals surface area contributed by atoms with Crippen molar-refractivity contribution >= 4 is 18.0 Å². The van der Waals surface area contributed by atoms with E-state index in [0.29, 0.717) is 12.8 Å². The summed E-state index contributed by atoms with van der Waals surface area (Å²) in [5.41, 5.74) is -0.724. The third-order valence-electron chi connectivity index (χ3n) is 3.02. The van der Waals surface area contributed by atoms with Crippen molar-refractivity contribution in [3.05, 3.63) is 0 Å². The summed E-state index contributed by atoms with van der Waals surface area (Å²) < 4.78 is 9.81. The maximum Gasteiger partial charge on any atom is 0.411 e. The van der Waals surface area contributed by atoms with Crippen molar-refractivity contribution in [1.82, 2.24) is 4.90 Å². The molecule has 114 valence electrons. The first-order chi connectivity index (χ1) is 9.17. The van der Waals surface area contributed by atoms with Crippen LogP contribution in [0.4, 0.5) is 4.79 Å². The number of piperidine rings is 1. The lowest BCUT2D eigenvalue weighted by atomic mass is 9.89. The summed E-state index contributed by atoms with van der Waals surface area (Å²) in [4.78, 5) is 36.2. The number of esters is 1. The van der Waals surface area contributed by atoms with Crippen molar-refractivity contribution in [2.75, 3.05) is 13.7 Å². The van der Waals surface area contributed by atoms with E-state index in [1.807, 2.05) is 0 Å². The zero-order valence-corrected chi connectivity index (χ0v) is 12.2. The Hall–Kier alpha value is -1.79. The molecule has 0 radical (unpaired) electrons. The molecular weight excluding hydrogens is 266 g/mol. The fourth-order valence-corrected chi connectivity index (χ4v) is 2.22. The van der Waals surface area contributed by atoms with Crippen molar-refractivity contribution in [2.45, 2.75) is 45.3 Å². The maximum atomic E-state index is 12.1. The third kappa shape index (κ3) is 3.85. The van der Waals surface area contributed by atoms with Gasteiger partial charge in [0.15, 0.2) is 0 Å². The van der Waals surface area contributed by atoms with Crippen LogP contribution in [-0.2, 0) is 19.1 Å². The highest BCUT2D eigenvalue weighted by atomic mass is 16.6. The van der Waals surface area contributed by atoms with Gasteiger partial charge in [-0.05, 0) is 33.6 Å². The molecule has 1 N–H and O–H groups in total. The van der Waals surface area contributed by atoms with E-state index in [1.165, 1.54) is 7.11 Å². The summed E-state index contributed by atoms with van der Waals surface area (Å²) in [5, 5.41) is 9.31. The van der Waals surface area contributed by atoms with Gasteiger partial charge >= 0.3 is 18.0 Å². The highest BCUT2D eigenvalue weighted by Gasteiger charge is 2.44. The van der Waals surface area contributed by atoms with Crippen LogP contribution in [0.2, 0.25) is 0 Å². The Morgan fingerprint density at radius 1 is 1.25 bits per heavy atom. The summed E-state index contributed by atoms with van der Waals surface area (Å²) in [6.45, 7) is 5.34. The number of nitrogens with zero attached hydrogens (tertiary/aromatic N) is 1. The van der Waals surface area contributed by atoms with E-state index in [4.69, 9.17) is 4.74 Å². The van der Waals surface area contributed by atoms with Crippen LogP contribution in [0.5, 0.6) is 0 Å². The number of amides is 1. The minimum Gasteiger partial charge on any atom is -0.480 e. The molecule has 1 amide bonds. The monoisotopic (exact) mass is 287 g/mol. The fourth-order valence-electron chi connectivity index (χ4n) is 2.22. The second kappa shape index (κ2) is 6.11. The Kier molecular flexibility index (Phi) is 4.97. The van der Waals surface area contributed by atoms with Crippen molar-refractivity contribution in [3.8, 4) is 0 Å². The summed E-state index contributed by atoms with van der Waals surface area (Å²) in [7, 11) is 1.20. The molecular formula is C13H21NO6. The quantitative estimate of drug-likeness (QED) is 0.768. The number of ether oxygens (including phenoxy) is 2. The Balaban J connectivity index is 2.96. The largest absolute Gasteiger partial charge is 0.480 e. The SMILES string of the molecule is COC(=O)C1CCCN(C(=O)OC(C)(C)C)C1C(=O)O. The molecule has 0 aromatic rings. The minimum absolute atomic E-state index is 0.249. The second-order valence-corrected chi connectivity index (χ2v) is 5.73. The molecule has 0 bridgehead atoms. The average Bonchev–Trinajstić information content (AvgIpc) is 2.34. The number of carboxylic acids is 1. The van der Waals surface area contributed by atoms with E-state index in [1.54, 1.807) is 20.8 Å². The molecule has 1 aliphatic rings. The highest BCUT2D eigenvalue weighted by Crippen LogP contribution is 2.27. The van der Waals surface area contributed by atoms with Gasteiger partial charge in [-0.2, -0.15) is 0 Å². The summed E-state index contributed by atoms with van der Waals surface area (Å²) in [6, 6.07) is -1.24. The zero-order chi connectivity index (χ0) is 15.5.